The van der Waals surface area contributed by atoms with Crippen LogP contribution < -0.4 is 4.74 Å². The number of benzene rings is 1. The van der Waals surface area contributed by atoms with Gasteiger partial charge in [0.2, 0.25) is 0 Å². The Morgan fingerprint density at radius 3 is 2.76 bits per heavy atom. The maximum atomic E-state index is 11.2. The van der Waals surface area contributed by atoms with E-state index in [-0.39, 0.29) is 5.97 Å². The van der Waals surface area contributed by atoms with E-state index >= 15 is 0 Å². The Morgan fingerprint density at radius 1 is 1.35 bits per heavy atom. The Morgan fingerprint density at radius 2 is 2.12 bits per heavy atom. The Labute approximate surface area is 110 Å². The van der Waals surface area contributed by atoms with Gasteiger partial charge in [-0.2, -0.15) is 0 Å². The van der Waals surface area contributed by atoms with E-state index in [4.69, 9.17) is 9.47 Å². The zero-order chi connectivity index (χ0) is 12.7. The summed E-state index contributed by atoms with van der Waals surface area (Å²) in [6, 6.07) is 5.64. The normalized spacial score (nSPS) is 10.5. The molecule has 92 valence electrons. The zero-order valence-electron chi connectivity index (χ0n) is 9.90. The van der Waals surface area contributed by atoms with Crippen LogP contribution in [0.25, 0.3) is 6.08 Å². The molecule has 0 spiro atoms. The van der Waals surface area contributed by atoms with Crippen molar-refractivity contribution < 1.29 is 14.3 Å². The number of halogens is 1. The largest absolute Gasteiger partial charge is 0.493 e. The smallest absolute Gasteiger partial charge is 0.330 e. The highest BCUT2D eigenvalue weighted by Gasteiger charge is 2.02. The van der Waals surface area contributed by atoms with Crippen LogP contribution in [-0.2, 0) is 9.53 Å². The van der Waals surface area contributed by atoms with Crippen LogP contribution in [0.1, 0.15) is 19.4 Å². The number of carbonyl (C=O) groups excluding carboxylic acids is 1. The molecule has 0 aliphatic heterocycles. The third-order valence-electron chi connectivity index (χ3n) is 1.96. The Hall–Kier alpha value is -1.29. The van der Waals surface area contributed by atoms with Gasteiger partial charge in [-0.25, -0.2) is 4.79 Å². The predicted octanol–water partition coefficient (Wildman–Crippen LogP) is 3.42. The van der Waals surface area contributed by atoms with Gasteiger partial charge in [-0.05, 0) is 38.1 Å². The average Bonchev–Trinajstić information content (AvgIpc) is 2.30. The molecule has 1 aromatic carbocycles. The third kappa shape index (κ3) is 4.61. The fourth-order valence-electron chi connectivity index (χ4n) is 1.28. The van der Waals surface area contributed by atoms with Crippen LogP contribution in [0.4, 0.5) is 0 Å². The van der Waals surface area contributed by atoms with E-state index < -0.39 is 0 Å². The van der Waals surface area contributed by atoms with Gasteiger partial charge in [0.15, 0.2) is 0 Å². The summed E-state index contributed by atoms with van der Waals surface area (Å²) in [5.74, 6) is 0.395. The van der Waals surface area contributed by atoms with Crippen molar-refractivity contribution in [1.29, 1.82) is 0 Å². The molecule has 0 N–H and O–H groups in total. The second-order valence-corrected chi connectivity index (χ2v) is 4.12. The molecule has 0 saturated heterocycles. The summed E-state index contributed by atoms with van der Waals surface area (Å²) in [5, 5.41) is 0. The van der Waals surface area contributed by atoms with Crippen molar-refractivity contribution in [3.05, 3.63) is 34.3 Å². The van der Waals surface area contributed by atoms with Gasteiger partial charge in [0.05, 0.1) is 13.2 Å². The van der Waals surface area contributed by atoms with Gasteiger partial charge in [-0.3, -0.25) is 0 Å². The van der Waals surface area contributed by atoms with Gasteiger partial charge in [-0.1, -0.05) is 15.9 Å². The predicted molar refractivity (Wildman–Crippen MR) is 71.0 cm³/mol. The molecular formula is C13H15BrO3. The molecule has 0 unspecified atom stereocenters. The molecule has 1 rings (SSSR count). The lowest BCUT2D eigenvalue weighted by Crippen LogP contribution is -1.99. The van der Waals surface area contributed by atoms with Gasteiger partial charge < -0.3 is 9.47 Å². The van der Waals surface area contributed by atoms with Crippen molar-refractivity contribution in [3.63, 3.8) is 0 Å². The van der Waals surface area contributed by atoms with Gasteiger partial charge in [0, 0.05) is 16.1 Å². The standard InChI is InChI=1S/C13H15BrO3/c1-3-16-12-7-6-11(14)9-10(12)5-8-13(15)17-4-2/h5-9H,3-4H2,1-2H3. The van der Waals surface area contributed by atoms with Gasteiger partial charge in [-0.15, -0.1) is 0 Å². The van der Waals surface area contributed by atoms with E-state index in [0.29, 0.717) is 13.2 Å². The lowest BCUT2D eigenvalue weighted by atomic mass is 10.2. The summed E-state index contributed by atoms with van der Waals surface area (Å²) in [4.78, 5) is 11.2. The Balaban J connectivity index is 2.87. The van der Waals surface area contributed by atoms with Crippen molar-refractivity contribution in [2.24, 2.45) is 0 Å². The fraction of sp³-hybridized carbons (Fsp3) is 0.308. The number of rotatable bonds is 5. The summed E-state index contributed by atoms with van der Waals surface area (Å²) in [5.41, 5.74) is 0.842. The molecule has 0 atom stereocenters. The molecule has 4 heteroatoms. The summed E-state index contributed by atoms with van der Waals surface area (Å²) < 4.78 is 11.2. The van der Waals surface area contributed by atoms with E-state index in [2.05, 4.69) is 15.9 Å². The van der Waals surface area contributed by atoms with E-state index in [0.717, 1.165) is 15.8 Å². The first-order chi connectivity index (χ1) is 8.17. The first kappa shape index (κ1) is 13.8. The summed E-state index contributed by atoms with van der Waals surface area (Å²) in [7, 11) is 0. The minimum absolute atomic E-state index is 0.352. The van der Waals surface area contributed by atoms with Crippen molar-refractivity contribution in [2.75, 3.05) is 13.2 Å². The number of ether oxygens (including phenoxy) is 2. The molecule has 0 aliphatic carbocycles. The summed E-state index contributed by atoms with van der Waals surface area (Å²) in [6.07, 6.45) is 3.08. The zero-order valence-corrected chi connectivity index (χ0v) is 11.5. The molecule has 17 heavy (non-hydrogen) atoms. The van der Waals surface area contributed by atoms with Crippen LogP contribution in [0.3, 0.4) is 0 Å². The van der Waals surface area contributed by atoms with E-state index in [1.54, 1.807) is 13.0 Å². The number of hydrogen-bond acceptors (Lipinski definition) is 3. The average molecular weight is 299 g/mol. The molecule has 0 heterocycles. The quantitative estimate of drug-likeness (QED) is 0.617. The molecule has 0 fully saturated rings. The van der Waals surface area contributed by atoms with Crippen molar-refractivity contribution >= 4 is 28.0 Å². The van der Waals surface area contributed by atoms with Crippen molar-refractivity contribution in [1.82, 2.24) is 0 Å². The highest BCUT2D eigenvalue weighted by molar-refractivity contribution is 9.10. The highest BCUT2D eigenvalue weighted by atomic mass is 79.9. The summed E-state index contributed by atoms with van der Waals surface area (Å²) >= 11 is 3.38. The second-order valence-electron chi connectivity index (χ2n) is 3.20. The van der Waals surface area contributed by atoms with Crippen LogP contribution in [-0.4, -0.2) is 19.2 Å². The van der Waals surface area contributed by atoms with Crippen LogP contribution in [0.15, 0.2) is 28.7 Å². The van der Waals surface area contributed by atoms with Crippen molar-refractivity contribution in [2.45, 2.75) is 13.8 Å². The number of carbonyl (C=O) groups is 1. The van der Waals surface area contributed by atoms with Crippen LogP contribution in [0.2, 0.25) is 0 Å². The molecule has 0 saturated carbocycles. The lowest BCUT2D eigenvalue weighted by Gasteiger charge is -2.07. The first-order valence-corrected chi connectivity index (χ1v) is 6.23. The number of hydrogen-bond donors (Lipinski definition) is 0. The SMILES string of the molecule is CCOC(=O)C=Cc1cc(Br)ccc1OCC. The minimum Gasteiger partial charge on any atom is -0.493 e. The van der Waals surface area contributed by atoms with Gasteiger partial charge in [0.1, 0.15) is 5.75 Å². The van der Waals surface area contributed by atoms with E-state index in [1.165, 1.54) is 6.08 Å². The molecule has 0 amide bonds. The monoisotopic (exact) mass is 298 g/mol. The molecule has 0 bridgehead atoms. The van der Waals surface area contributed by atoms with Crippen LogP contribution >= 0.6 is 15.9 Å². The second kappa shape index (κ2) is 7.12. The molecule has 1 aromatic rings. The Kier molecular flexibility index (Phi) is 5.77. The highest BCUT2D eigenvalue weighted by Crippen LogP contribution is 2.24. The molecule has 0 aliphatic rings. The molecular weight excluding hydrogens is 284 g/mol. The van der Waals surface area contributed by atoms with Crippen LogP contribution in [0, 0.1) is 0 Å². The van der Waals surface area contributed by atoms with E-state index in [9.17, 15) is 4.79 Å². The topological polar surface area (TPSA) is 35.5 Å². The first-order valence-electron chi connectivity index (χ1n) is 5.44. The van der Waals surface area contributed by atoms with Gasteiger partial charge >= 0.3 is 5.97 Å². The molecule has 0 aromatic heterocycles. The minimum atomic E-state index is -0.352. The maximum absolute atomic E-state index is 11.2. The molecule has 0 radical (unpaired) electrons. The van der Waals surface area contributed by atoms with Crippen LogP contribution in [0.5, 0.6) is 5.75 Å². The number of esters is 1. The van der Waals surface area contributed by atoms with Crippen molar-refractivity contribution in [3.8, 4) is 5.75 Å². The summed E-state index contributed by atoms with van der Waals surface area (Å²) in [6.45, 7) is 4.65. The molecule has 3 nitrogen and oxygen atoms in total. The fourth-order valence-corrected chi connectivity index (χ4v) is 1.66. The Bertz CT molecular complexity index is 413. The van der Waals surface area contributed by atoms with Gasteiger partial charge in [0.25, 0.3) is 0 Å². The maximum Gasteiger partial charge on any atom is 0.330 e. The van der Waals surface area contributed by atoms with E-state index in [1.807, 2.05) is 25.1 Å². The lowest BCUT2D eigenvalue weighted by molar-refractivity contribution is -0.137. The third-order valence-corrected chi connectivity index (χ3v) is 2.45.